The first-order valence-electron chi connectivity index (χ1n) is 47.6. The van der Waals surface area contributed by atoms with Crippen molar-refractivity contribution in [3.05, 3.63) is 24.4 Å². The first-order chi connectivity index (χ1) is 61.2. The molecule has 0 aromatic carbocycles. The van der Waals surface area contributed by atoms with E-state index in [0.29, 0.717) is 38.7 Å². The van der Waals surface area contributed by atoms with Crippen LogP contribution in [0.4, 0.5) is 0 Å². The van der Waals surface area contributed by atoms with Gasteiger partial charge in [-0.1, -0.05) is 283 Å². The monoisotopic (exact) mass is 2310 g/mol. The van der Waals surface area contributed by atoms with Crippen molar-refractivity contribution in [2.75, 3.05) is 19.0 Å². The second-order valence-electron chi connectivity index (χ2n) is 51.7. The second-order valence-corrected chi connectivity index (χ2v) is 71.6. The lowest BCUT2D eigenvalue weighted by molar-refractivity contribution is -0.145. The molecule has 8 atom stereocenters. The number of pyridine rings is 1. The summed E-state index contributed by atoms with van der Waals surface area (Å²) in [5.41, 5.74) is 5.23. The van der Waals surface area contributed by atoms with E-state index in [-0.39, 0.29) is 158 Å². The Balaban J connectivity index is -0.00000151. The topological polar surface area (TPSA) is 314 Å². The minimum absolute atomic E-state index is 0.00799. The van der Waals surface area contributed by atoms with Crippen molar-refractivity contribution >= 4 is 226 Å². The lowest BCUT2D eigenvalue weighted by Gasteiger charge is -2.36. The van der Waals surface area contributed by atoms with Crippen LogP contribution in [0, 0.1) is 10.8 Å². The van der Waals surface area contributed by atoms with E-state index in [0.717, 1.165) is 22.9 Å². The summed E-state index contributed by atoms with van der Waals surface area (Å²) >= 11 is 18.0. The number of aliphatic hydroxyl groups is 1. The number of aromatic nitrogens is 1. The molecular formula is C103H188Br3N11O13S9. The Morgan fingerprint density at radius 1 is 0.489 bits per heavy atom. The summed E-state index contributed by atoms with van der Waals surface area (Å²) in [5, 5.41) is 20.5. The van der Waals surface area contributed by atoms with Gasteiger partial charge in [-0.3, -0.25) is 72.5 Å². The summed E-state index contributed by atoms with van der Waals surface area (Å²) < 4.78 is 0.0658. The Morgan fingerprint density at radius 3 is 1.21 bits per heavy atom. The number of amidine groups is 1. The van der Waals surface area contributed by atoms with Gasteiger partial charge in [-0.2, -0.15) is 0 Å². The number of carbonyl (C=O) groups excluding carboxylic acids is 10. The van der Waals surface area contributed by atoms with Crippen molar-refractivity contribution in [3.8, 4) is 0 Å². The molecule has 0 spiro atoms. The number of aliphatic hydroxyl groups excluding tert-OH is 1. The molecule has 5 fully saturated rings. The number of nitrogens with one attached hydrogen (secondary N) is 1. The van der Waals surface area contributed by atoms with Gasteiger partial charge in [0.15, 0.2) is 10.3 Å². The molecule has 6 rings (SSSR count). The molecule has 0 bridgehead atoms. The lowest BCUT2D eigenvalue weighted by atomic mass is 9.91. The molecule has 5 aliphatic rings. The largest absolute Gasteiger partial charge is 0.394 e. The van der Waals surface area contributed by atoms with E-state index in [1.165, 1.54) is 43.1 Å². The van der Waals surface area contributed by atoms with Gasteiger partial charge < -0.3 is 30.7 Å². The Morgan fingerprint density at radius 2 is 0.892 bits per heavy atom. The van der Waals surface area contributed by atoms with Crippen LogP contribution < -0.4 is 11.1 Å². The molecule has 0 radical (unpaired) electrons. The number of alkyl halides is 3. The van der Waals surface area contributed by atoms with Crippen LogP contribution in [0.3, 0.4) is 0 Å². The normalized spacial score (nSPS) is 21.2. The number of nitrogens with two attached hydrogens (primary N) is 1. The molecule has 0 saturated carbocycles. The SMILES string of the molecule is C/C(=N\OC(C)(C)C)C(C)(C)C.C/C(=N\OCC(=O)NC(C)(C)C)C(C)(C)C.CC(C)(C)N=C(N)CCSC1CC(=O)N(C(C)(C)C)C1=O.CC(C)(C)SC1(Br)C(=O)N(C(C)(C)C)C(=O)C1Br.CC(C)(C)SC1C(=O)N(C(C)(C)C)C(=O)C1Br.CC(C)(C)SC1CC(=O)N(C(C)(C)C)C1=O.CC(C)(C)SC1CC(CO)N(C(C)(C)C)C1=O.CC(C)(C)SSC(C)(C)C.CC(C)(C)SSc1ccccn1. The highest BCUT2D eigenvalue weighted by Gasteiger charge is 2.62. The highest BCUT2D eigenvalue weighted by Crippen LogP contribution is 2.53. The first kappa shape index (κ1) is 141. The fraction of sp³-hybridized carbons (Fsp3) is 0.825. The van der Waals surface area contributed by atoms with Crippen molar-refractivity contribution in [2.24, 2.45) is 31.9 Å². The van der Waals surface area contributed by atoms with E-state index in [4.69, 9.17) is 15.4 Å². The molecule has 8 unspecified atom stereocenters. The van der Waals surface area contributed by atoms with Gasteiger partial charge in [0.1, 0.15) is 25.5 Å². The van der Waals surface area contributed by atoms with Gasteiger partial charge in [-0.15, -0.1) is 58.8 Å². The highest BCUT2D eigenvalue weighted by molar-refractivity contribution is 9.14. The number of amides is 10. The highest BCUT2D eigenvalue weighted by atomic mass is 79.9. The molecule has 6 heterocycles. The van der Waals surface area contributed by atoms with Gasteiger partial charge in [0.2, 0.25) is 47.3 Å². The van der Waals surface area contributed by atoms with Gasteiger partial charge in [-0.25, -0.2) is 4.98 Å². The number of likely N-dealkylation sites (tertiary alicyclic amines) is 5. The fourth-order valence-corrected chi connectivity index (χ4v) is 25.3. The number of oxime groups is 2. The molecule has 1 aromatic rings. The number of aliphatic imine (C=N–C) groups is 1. The number of hydrogen-bond donors (Lipinski definition) is 3. The van der Waals surface area contributed by atoms with Crippen LogP contribution in [-0.4, -0.2) is 248 Å². The van der Waals surface area contributed by atoms with Crippen LogP contribution >= 0.6 is 150 Å². The summed E-state index contributed by atoms with van der Waals surface area (Å²) in [4.78, 5) is 147. The molecule has 0 aliphatic carbocycles. The molecule has 10 amide bonds. The number of carbonyl (C=O) groups is 10. The maximum absolute atomic E-state index is 12.6. The zero-order valence-electron chi connectivity index (χ0n) is 95.6. The van der Waals surface area contributed by atoms with Crippen LogP contribution in [0.1, 0.15) is 393 Å². The van der Waals surface area contributed by atoms with Crippen molar-refractivity contribution in [3.63, 3.8) is 0 Å². The van der Waals surface area contributed by atoms with E-state index in [9.17, 15) is 53.1 Å². The Bertz CT molecular complexity index is 4200. The van der Waals surface area contributed by atoms with Crippen LogP contribution in [0.2, 0.25) is 0 Å². The molecule has 24 nitrogen and oxygen atoms in total. The summed E-state index contributed by atoms with van der Waals surface area (Å²) in [7, 11) is 7.49. The van der Waals surface area contributed by atoms with Gasteiger partial charge in [0, 0.05) is 109 Å². The van der Waals surface area contributed by atoms with Crippen molar-refractivity contribution in [1.82, 2.24) is 34.8 Å². The maximum Gasteiger partial charge on any atom is 0.261 e. The van der Waals surface area contributed by atoms with E-state index >= 15 is 0 Å². The first-order valence-corrected chi connectivity index (χ1v) is 59.1. The minimum atomic E-state index is -0.921. The predicted octanol–water partition coefficient (Wildman–Crippen LogP) is 26.4. The Hall–Kier alpha value is -2.39. The van der Waals surface area contributed by atoms with Crippen molar-refractivity contribution in [1.29, 1.82) is 0 Å². The van der Waals surface area contributed by atoms with Gasteiger partial charge in [0.05, 0.1) is 51.2 Å². The third-order valence-electron chi connectivity index (χ3n) is 17.8. The zero-order valence-corrected chi connectivity index (χ0v) is 108. The summed E-state index contributed by atoms with van der Waals surface area (Å²) in [6.07, 6.45) is 3.85. The minimum Gasteiger partial charge on any atom is -0.394 e. The molecule has 139 heavy (non-hydrogen) atoms. The molecular weight excluding hydrogens is 2130 g/mol. The maximum atomic E-state index is 12.6. The molecule has 808 valence electrons. The predicted molar refractivity (Wildman–Crippen MR) is 620 cm³/mol. The number of nitrogens with zero attached hydrogens (tertiary/aromatic N) is 9. The fourth-order valence-electron chi connectivity index (χ4n) is 11.9. The molecule has 5 saturated heterocycles. The second kappa shape index (κ2) is 55.4. The summed E-state index contributed by atoms with van der Waals surface area (Å²) in [6, 6.07) is 5.95. The number of thioether (sulfide) groups is 5. The Kier molecular flexibility index (Phi) is 56.1. The van der Waals surface area contributed by atoms with Crippen LogP contribution in [0.5, 0.6) is 0 Å². The zero-order chi connectivity index (χ0) is 111. The van der Waals surface area contributed by atoms with Crippen LogP contribution in [-0.2, 0) is 57.6 Å². The smallest absolute Gasteiger partial charge is 0.261 e. The van der Waals surface area contributed by atoms with E-state index in [1.807, 2.05) is 283 Å². The van der Waals surface area contributed by atoms with Crippen molar-refractivity contribution in [2.45, 2.75) is 516 Å². The molecule has 1 aromatic heterocycles. The van der Waals surface area contributed by atoms with Gasteiger partial charge >= 0.3 is 0 Å². The third-order valence-corrected chi connectivity index (χ3v) is 36.7. The van der Waals surface area contributed by atoms with E-state index < -0.39 is 35.5 Å². The van der Waals surface area contributed by atoms with E-state index in [2.05, 4.69) is 219 Å². The molecule has 5 aliphatic heterocycles. The molecule has 36 heteroatoms. The standard InChI is InChI=1S/C15H27N3O2S.C13H25NO2S.C12H19Br2NO2S.C12H20BrNO2S.C12H24N2O2.C12H21NO2S.C10H21NO.C9H13NS2.C8H18S2/c1-14(2,3)17-11(16)7-8-21-10-9-12(19)18(13(10)20)15(4,5)6;1-12(2,3)14-9(8-15)7-10(11(14)16)17-13(4,5)6;1-10(2,3)15-8(16)7(13)12(14,9(15)17)18-11(4,5)6;1-11(2,3)14-9(15)7(13)8(10(14)16)17-12(4,5)6;1-9(11(2,3)4)14-16-8-10(15)13-12(5,6)7;1-11(2,3)13-9(14)7-8(10(13)15)16-12(4,5)6;1-8(9(2,3)4)11-12-10(5,6)7;1-9(2,3)12-11-8-6-4-5-7-10-8;1-7(2,3)9-10-8(4,5)6/h10H,7-9H2,1-6H3,(H2,16,17);9-10,15H,7-8H2,1-6H3;7H,1-6H3;7-8H,1-6H3;8H2,1-7H3,(H,13,15);8H,7H2,1-6H3;1-7H3;4-7H,1-3H3;1-6H3/b;;;;14-9+;;11-8+;;. The van der Waals surface area contributed by atoms with Crippen LogP contribution in [0.25, 0.3) is 0 Å². The number of imide groups is 4. The van der Waals surface area contributed by atoms with E-state index in [1.54, 1.807) is 46.1 Å². The molecule has 4 N–H and O–H groups in total. The van der Waals surface area contributed by atoms with Crippen LogP contribution in [0.15, 0.2) is 44.7 Å². The lowest BCUT2D eigenvalue weighted by Crippen LogP contribution is -2.49. The summed E-state index contributed by atoms with van der Waals surface area (Å²) in [6.45, 7) is 108. The number of halogens is 3. The van der Waals surface area contributed by atoms with Gasteiger partial charge in [-0.05, 0) is 209 Å². The van der Waals surface area contributed by atoms with Crippen molar-refractivity contribution < 1.29 is 62.7 Å². The average Bonchev–Trinajstić information content (AvgIpc) is 1.58. The average molecular weight is 2320 g/mol. The summed E-state index contributed by atoms with van der Waals surface area (Å²) in [5.74, 6) is 0.528. The van der Waals surface area contributed by atoms with Gasteiger partial charge in [0.25, 0.3) is 11.8 Å². The number of hydrogen-bond acceptors (Lipinski definition) is 26. The Labute approximate surface area is 906 Å². The quantitative estimate of drug-likeness (QED) is 0.0346. The number of rotatable bonds is 16. The third kappa shape index (κ3) is 58.4.